The largest absolute Gasteiger partial charge is 0.397 e. The maximum Gasteiger partial charge on any atom is 0.248 e. The van der Waals surface area contributed by atoms with E-state index in [-0.39, 0.29) is 5.82 Å². The molecule has 1 aliphatic rings. The molecule has 2 aromatic carbocycles. The van der Waals surface area contributed by atoms with Gasteiger partial charge in [-0.05, 0) is 36.2 Å². The summed E-state index contributed by atoms with van der Waals surface area (Å²) in [6.45, 7) is 1.15. The van der Waals surface area contributed by atoms with Crippen LogP contribution in [0.25, 0.3) is 0 Å². The first kappa shape index (κ1) is 13.4. The number of amides is 1. The summed E-state index contributed by atoms with van der Waals surface area (Å²) in [5, 5.41) is 0. The molecular formula is C16H16FN3O. The van der Waals surface area contributed by atoms with E-state index in [9.17, 15) is 9.18 Å². The molecule has 1 heterocycles. The summed E-state index contributed by atoms with van der Waals surface area (Å²) in [4.78, 5) is 13.3. The van der Waals surface area contributed by atoms with Gasteiger partial charge in [0.1, 0.15) is 5.82 Å². The van der Waals surface area contributed by atoms with Gasteiger partial charge in [-0.25, -0.2) is 4.39 Å². The lowest BCUT2D eigenvalue weighted by atomic mass is 10.1. The van der Waals surface area contributed by atoms with Gasteiger partial charge in [-0.15, -0.1) is 0 Å². The Hall–Kier alpha value is -2.56. The molecule has 0 radical (unpaired) electrons. The zero-order valence-corrected chi connectivity index (χ0v) is 11.5. The molecule has 0 saturated carbocycles. The molecule has 0 atom stereocenters. The first-order valence-electron chi connectivity index (χ1n) is 6.77. The van der Waals surface area contributed by atoms with Crippen molar-refractivity contribution in [1.82, 2.24) is 0 Å². The van der Waals surface area contributed by atoms with E-state index in [1.54, 1.807) is 0 Å². The number of hydrogen-bond acceptors (Lipinski definition) is 3. The van der Waals surface area contributed by atoms with Gasteiger partial charge in [0.25, 0.3) is 0 Å². The lowest BCUT2D eigenvalue weighted by Crippen LogP contribution is -2.22. The van der Waals surface area contributed by atoms with Crippen LogP contribution in [0.3, 0.4) is 0 Å². The zero-order valence-electron chi connectivity index (χ0n) is 11.5. The molecular weight excluding hydrogens is 269 g/mol. The predicted molar refractivity (Wildman–Crippen MR) is 80.5 cm³/mol. The van der Waals surface area contributed by atoms with Crippen LogP contribution in [0.2, 0.25) is 0 Å². The van der Waals surface area contributed by atoms with Gasteiger partial charge in [0.2, 0.25) is 5.91 Å². The number of carbonyl (C=O) groups is 1. The maximum atomic E-state index is 14.0. The first-order valence-corrected chi connectivity index (χ1v) is 6.77. The van der Waals surface area contributed by atoms with Gasteiger partial charge in [0, 0.05) is 24.2 Å². The Morgan fingerprint density at radius 3 is 2.86 bits per heavy atom. The number of fused-ring (bicyclic) bond motifs is 1. The van der Waals surface area contributed by atoms with Gasteiger partial charge in [-0.1, -0.05) is 12.1 Å². The summed E-state index contributed by atoms with van der Waals surface area (Å²) in [6, 6.07) is 9.98. The van der Waals surface area contributed by atoms with Crippen LogP contribution in [0.5, 0.6) is 0 Å². The molecule has 5 heteroatoms. The molecule has 3 rings (SSSR count). The molecule has 0 saturated heterocycles. The third-order valence-corrected chi connectivity index (χ3v) is 3.81. The SMILES string of the molecule is NC(=O)c1ccc(F)c(CN2CCc3cccc(N)c32)c1. The number of benzene rings is 2. The average molecular weight is 285 g/mol. The van der Waals surface area contributed by atoms with Crippen molar-refractivity contribution >= 4 is 17.3 Å². The van der Waals surface area contributed by atoms with Crippen molar-refractivity contribution in [2.75, 3.05) is 17.2 Å². The number of para-hydroxylation sites is 1. The van der Waals surface area contributed by atoms with E-state index < -0.39 is 5.91 Å². The molecule has 108 valence electrons. The minimum Gasteiger partial charge on any atom is -0.397 e. The van der Waals surface area contributed by atoms with Crippen molar-refractivity contribution in [3.63, 3.8) is 0 Å². The van der Waals surface area contributed by atoms with E-state index in [2.05, 4.69) is 0 Å². The highest BCUT2D eigenvalue weighted by molar-refractivity contribution is 5.93. The predicted octanol–water partition coefficient (Wildman–Crippen LogP) is 2.07. The summed E-state index contributed by atoms with van der Waals surface area (Å²) in [5.74, 6) is -0.902. The molecule has 0 aliphatic carbocycles. The van der Waals surface area contributed by atoms with Gasteiger partial charge in [-0.2, -0.15) is 0 Å². The standard InChI is InChI=1S/C16H16FN3O/c17-13-5-4-11(16(19)21)8-12(13)9-20-7-6-10-2-1-3-14(18)15(10)20/h1-5,8H,6-7,9,18H2,(H2,19,21). The molecule has 4 N–H and O–H groups in total. The van der Waals surface area contributed by atoms with Crippen LogP contribution in [0.1, 0.15) is 21.5 Å². The van der Waals surface area contributed by atoms with E-state index >= 15 is 0 Å². The van der Waals surface area contributed by atoms with Gasteiger partial charge in [0.15, 0.2) is 0 Å². The van der Waals surface area contributed by atoms with Crippen LogP contribution < -0.4 is 16.4 Å². The Kier molecular flexibility index (Phi) is 3.25. The average Bonchev–Trinajstić information content (AvgIpc) is 2.85. The quantitative estimate of drug-likeness (QED) is 0.848. The molecule has 4 nitrogen and oxygen atoms in total. The molecule has 1 aliphatic heterocycles. The van der Waals surface area contributed by atoms with Gasteiger partial charge in [-0.3, -0.25) is 4.79 Å². The molecule has 21 heavy (non-hydrogen) atoms. The van der Waals surface area contributed by atoms with Crippen LogP contribution in [-0.4, -0.2) is 12.5 Å². The Morgan fingerprint density at radius 2 is 2.10 bits per heavy atom. The number of nitrogens with two attached hydrogens (primary N) is 2. The minimum absolute atomic E-state index is 0.312. The van der Waals surface area contributed by atoms with E-state index in [4.69, 9.17) is 11.5 Å². The summed E-state index contributed by atoms with van der Waals surface area (Å²) < 4.78 is 14.0. The summed E-state index contributed by atoms with van der Waals surface area (Å²) in [7, 11) is 0. The number of anilines is 2. The third kappa shape index (κ3) is 2.42. The van der Waals surface area contributed by atoms with Crippen molar-refractivity contribution in [3.8, 4) is 0 Å². The molecule has 1 amide bonds. The van der Waals surface area contributed by atoms with Crippen LogP contribution in [0.4, 0.5) is 15.8 Å². The zero-order chi connectivity index (χ0) is 15.0. The third-order valence-electron chi connectivity index (χ3n) is 3.81. The van der Waals surface area contributed by atoms with Crippen LogP contribution in [0.15, 0.2) is 36.4 Å². The summed E-state index contributed by atoms with van der Waals surface area (Å²) in [6.07, 6.45) is 0.886. The second-order valence-electron chi connectivity index (χ2n) is 5.20. The molecule has 2 aromatic rings. The number of nitrogens with zero attached hydrogens (tertiary/aromatic N) is 1. The second kappa shape index (κ2) is 5.09. The van der Waals surface area contributed by atoms with Gasteiger partial charge < -0.3 is 16.4 Å². The van der Waals surface area contributed by atoms with E-state index in [0.29, 0.717) is 23.4 Å². The van der Waals surface area contributed by atoms with Crippen LogP contribution in [0, 0.1) is 5.82 Å². The normalized spacial score (nSPS) is 13.3. The van der Waals surface area contributed by atoms with Gasteiger partial charge in [0.05, 0.1) is 11.4 Å². The monoisotopic (exact) mass is 285 g/mol. The lowest BCUT2D eigenvalue weighted by Gasteiger charge is -2.21. The summed E-state index contributed by atoms with van der Waals surface area (Å²) in [5.41, 5.74) is 14.8. The fourth-order valence-corrected chi connectivity index (χ4v) is 2.78. The number of halogens is 1. The molecule has 0 bridgehead atoms. The molecule has 0 fully saturated rings. The highest BCUT2D eigenvalue weighted by Crippen LogP contribution is 2.34. The van der Waals surface area contributed by atoms with Crippen molar-refractivity contribution < 1.29 is 9.18 Å². The van der Waals surface area contributed by atoms with Crippen molar-refractivity contribution in [2.24, 2.45) is 5.73 Å². The molecule has 0 spiro atoms. The number of primary amides is 1. The van der Waals surface area contributed by atoms with Crippen molar-refractivity contribution in [1.29, 1.82) is 0 Å². The fourth-order valence-electron chi connectivity index (χ4n) is 2.78. The highest BCUT2D eigenvalue weighted by Gasteiger charge is 2.22. The molecule has 0 unspecified atom stereocenters. The Labute approximate surface area is 122 Å². The Bertz CT molecular complexity index is 715. The van der Waals surface area contributed by atoms with E-state index in [1.807, 2.05) is 23.1 Å². The molecule has 0 aromatic heterocycles. The van der Waals surface area contributed by atoms with E-state index in [0.717, 1.165) is 18.7 Å². The minimum atomic E-state index is -0.558. The lowest BCUT2D eigenvalue weighted by molar-refractivity contribution is 0.1000. The maximum absolute atomic E-state index is 14.0. The number of carbonyl (C=O) groups excluding carboxylic acids is 1. The van der Waals surface area contributed by atoms with Crippen LogP contribution >= 0.6 is 0 Å². The number of nitrogen functional groups attached to an aromatic ring is 1. The Morgan fingerprint density at radius 1 is 1.29 bits per heavy atom. The summed E-state index contributed by atoms with van der Waals surface area (Å²) >= 11 is 0. The van der Waals surface area contributed by atoms with Crippen molar-refractivity contribution in [3.05, 3.63) is 58.9 Å². The Balaban J connectivity index is 1.93. The highest BCUT2D eigenvalue weighted by atomic mass is 19.1. The second-order valence-corrected chi connectivity index (χ2v) is 5.20. The smallest absolute Gasteiger partial charge is 0.248 e. The number of hydrogen-bond donors (Lipinski definition) is 2. The van der Waals surface area contributed by atoms with Crippen molar-refractivity contribution in [2.45, 2.75) is 13.0 Å². The number of rotatable bonds is 3. The van der Waals surface area contributed by atoms with E-state index in [1.165, 1.54) is 23.8 Å². The first-order chi connectivity index (χ1) is 10.1. The van der Waals surface area contributed by atoms with Gasteiger partial charge >= 0.3 is 0 Å². The fraction of sp³-hybridized carbons (Fsp3) is 0.188. The topological polar surface area (TPSA) is 72.4 Å². The van der Waals surface area contributed by atoms with Crippen LogP contribution in [-0.2, 0) is 13.0 Å².